The highest BCUT2D eigenvalue weighted by Crippen LogP contribution is 2.34. The van der Waals surface area contributed by atoms with E-state index in [9.17, 15) is 14.7 Å². The molecule has 1 aromatic carbocycles. The Morgan fingerprint density at radius 1 is 1.53 bits per heavy atom. The van der Waals surface area contributed by atoms with Gasteiger partial charge < -0.3 is 9.84 Å². The lowest BCUT2D eigenvalue weighted by Gasteiger charge is -1.96. The van der Waals surface area contributed by atoms with Gasteiger partial charge in [-0.2, -0.15) is 0 Å². The van der Waals surface area contributed by atoms with Crippen LogP contribution in [0, 0.1) is 0 Å². The molecular formula is C12H10O4S. The number of thiophene rings is 1. The van der Waals surface area contributed by atoms with Gasteiger partial charge in [-0.1, -0.05) is 0 Å². The highest BCUT2D eigenvalue weighted by atomic mass is 32.1. The van der Waals surface area contributed by atoms with Crippen molar-refractivity contribution in [2.24, 2.45) is 0 Å². The summed E-state index contributed by atoms with van der Waals surface area (Å²) in [6, 6.07) is 4.50. The highest BCUT2D eigenvalue weighted by molar-refractivity contribution is 7.21. The van der Waals surface area contributed by atoms with Crippen LogP contribution in [0.15, 0.2) is 18.2 Å². The van der Waals surface area contributed by atoms with Crippen LogP contribution >= 0.6 is 11.3 Å². The standard InChI is InChI=1S/C12H10O4S/c1-2-16-12(15)10-5-8-9(14)4-3-7(6-13)11(8)17-10/h3-6,14H,2H2,1H3. The number of carbonyl (C=O) groups excluding carboxylic acids is 2. The predicted octanol–water partition coefficient (Wildman–Crippen LogP) is 2.60. The van der Waals surface area contributed by atoms with Crippen molar-refractivity contribution in [1.82, 2.24) is 0 Å². The summed E-state index contributed by atoms with van der Waals surface area (Å²) in [6.45, 7) is 2.01. The van der Waals surface area contributed by atoms with Crippen LogP contribution in [-0.4, -0.2) is 24.0 Å². The van der Waals surface area contributed by atoms with E-state index in [0.717, 1.165) is 11.3 Å². The van der Waals surface area contributed by atoms with Crippen LogP contribution in [0.3, 0.4) is 0 Å². The second-order valence-corrected chi connectivity index (χ2v) is 4.42. The molecule has 5 heteroatoms. The minimum atomic E-state index is -0.440. The van der Waals surface area contributed by atoms with Crippen molar-refractivity contribution < 1.29 is 19.4 Å². The molecule has 0 radical (unpaired) electrons. The van der Waals surface area contributed by atoms with Crippen molar-refractivity contribution in [3.05, 3.63) is 28.6 Å². The molecule has 88 valence electrons. The van der Waals surface area contributed by atoms with E-state index in [-0.39, 0.29) is 5.75 Å². The molecule has 0 fully saturated rings. The molecule has 0 aliphatic carbocycles. The minimum Gasteiger partial charge on any atom is -0.507 e. The topological polar surface area (TPSA) is 63.6 Å². The smallest absolute Gasteiger partial charge is 0.348 e. The average molecular weight is 250 g/mol. The first-order valence-electron chi connectivity index (χ1n) is 5.05. The molecule has 2 rings (SSSR count). The van der Waals surface area contributed by atoms with Crippen LogP contribution in [0.2, 0.25) is 0 Å². The third kappa shape index (κ3) is 2.01. The van der Waals surface area contributed by atoms with Gasteiger partial charge in [-0.3, -0.25) is 4.79 Å². The Morgan fingerprint density at radius 3 is 2.94 bits per heavy atom. The maximum Gasteiger partial charge on any atom is 0.348 e. The van der Waals surface area contributed by atoms with Crippen LogP contribution < -0.4 is 0 Å². The van der Waals surface area contributed by atoms with Crippen molar-refractivity contribution in [3.63, 3.8) is 0 Å². The van der Waals surface area contributed by atoms with Gasteiger partial charge in [0.25, 0.3) is 0 Å². The summed E-state index contributed by atoms with van der Waals surface area (Å²) < 4.78 is 5.47. The lowest BCUT2D eigenvalue weighted by molar-refractivity contribution is 0.0532. The summed E-state index contributed by atoms with van der Waals surface area (Å²) in [7, 11) is 0. The van der Waals surface area contributed by atoms with Crippen LogP contribution in [-0.2, 0) is 4.74 Å². The Bertz CT molecular complexity index is 585. The van der Waals surface area contributed by atoms with Crippen molar-refractivity contribution in [1.29, 1.82) is 0 Å². The van der Waals surface area contributed by atoms with E-state index in [2.05, 4.69) is 0 Å². The third-order valence-corrected chi connectivity index (χ3v) is 3.46. The molecule has 0 saturated heterocycles. The van der Waals surface area contributed by atoms with Crippen molar-refractivity contribution in [3.8, 4) is 5.75 Å². The zero-order chi connectivity index (χ0) is 12.4. The number of aromatic hydroxyl groups is 1. The Labute approximate surface area is 101 Å². The van der Waals surface area contributed by atoms with Crippen LogP contribution in [0.25, 0.3) is 10.1 Å². The normalized spacial score (nSPS) is 10.4. The second kappa shape index (κ2) is 4.55. The lowest BCUT2D eigenvalue weighted by atomic mass is 10.1. The number of aldehydes is 1. The van der Waals surface area contributed by atoms with E-state index in [0.29, 0.717) is 33.4 Å². The maximum atomic E-state index is 11.5. The number of fused-ring (bicyclic) bond motifs is 1. The van der Waals surface area contributed by atoms with E-state index in [1.807, 2.05) is 0 Å². The van der Waals surface area contributed by atoms with Gasteiger partial charge in [0.2, 0.25) is 0 Å². The van der Waals surface area contributed by atoms with Gasteiger partial charge in [0.05, 0.1) is 6.61 Å². The fourth-order valence-electron chi connectivity index (χ4n) is 1.53. The number of phenols is 1. The Hall–Kier alpha value is -1.88. The Morgan fingerprint density at radius 2 is 2.29 bits per heavy atom. The molecule has 2 aromatic rings. The Balaban J connectivity index is 2.59. The van der Waals surface area contributed by atoms with Gasteiger partial charge in [-0.25, -0.2) is 4.79 Å². The van der Waals surface area contributed by atoms with Gasteiger partial charge in [0.1, 0.15) is 10.6 Å². The number of hydrogen-bond donors (Lipinski definition) is 1. The summed E-state index contributed by atoms with van der Waals surface area (Å²) in [5.41, 5.74) is 0.457. The average Bonchev–Trinajstić information content (AvgIpc) is 2.76. The maximum absolute atomic E-state index is 11.5. The number of carbonyl (C=O) groups is 2. The van der Waals surface area contributed by atoms with Gasteiger partial charge >= 0.3 is 5.97 Å². The van der Waals surface area contributed by atoms with Gasteiger partial charge in [0.15, 0.2) is 6.29 Å². The quantitative estimate of drug-likeness (QED) is 0.671. The summed E-state index contributed by atoms with van der Waals surface area (Å²) in [5, 5.41) is 10.2. The minimum absolute atomic E-state index is 0.0531. The van der Waals surface area contributed by atoms with Crippen molar-refractivity contribution >= 4 is 33.7 Å². The molecule has 1 heterocycles. The molecule has 0 spiro atoms. The van der Waals surface area contributed by atoms with E-state index in [1.54, 1.807) is 13.0 Å². The molecular weight excluding hydrogens is 240 g/mol. The molecule has 0 atom stereocenters. The van der Waals surface area contributed by atoms with Crippen LogP contribution in [0.4, 0.5) is 0 Å². The van der Waals surface area contributed by atoms with Crippen molar-refractivity contribution in [2.75, 3.05) is 6.61 Å². The molecule has 0 aliphatic heterocycles. The largest absolute Gasteiger partial charge is 0.507 e. The van der Waals surface area contributed by atoms with E-state index in [1.165, 1.54) is 12.1 Å². The summed E-state index contributed by atoms with van der Waals surface area (Å²) in [6.07, 6.45) is 0.702. The van der Waals surface area contributed by atoms with E-state index < -0.39 is 5.97 Å². The summed E-state index contributed by atoms with van der Waals surface area (Å²) in [4.78, 5) is 22.8. The monoisotopic (exact) mass is 250 g/mol. The molecule has 0 unspecified atom stereocenters. The number of esters is 1. The molecule has 0 amide bonds. The number of phenolic OH excluding ortho intramolecular Hbond substituents is 1. The molecule has 1 N–H and O–H groups in total. The fraction of sp³-hybridized carbons (Fsp3) is 0.167. The number of hydrogen-bond acceptors (Lipinski definition) is 5. The number of ether oxygens (including phenoxy) is 1. The fourth-order valence-corrected chi connectivity index (χ4v) is 2.57. The summed E-state index contributed by atoms with van der Waals surface area (Å²) >= 11 is 1.14. The highest BCUT2D eigenvalue weighted by Gasteiger charge is 2.15. The van der Waals surface area contributed by atoms with E-state index >= 15 is 0 Å². The van der Waals surface area contributed by atoms with Crippen molar-refractivity contribution in [2.45, 2.75) is 6.92 Å². The predicted molar refractivity (Wildman–Crippen MR) is 64.8 cm³/mol. The SMILES string of the molecule is CCOC(=O)c1cc2c(O)ccc(C=O)c2s1. The lowest BCUT2D eigenvalue weighted by Crippen LogP contribution is -2.01. The van der Waals surface area contributed by atoms with Gasteiger partial charge in [0, 0.05) is 15.6 Å². The number of rotatable bonds is 3. The molecule has 1 aromatic heterocycles. The zero-order valence-corrected chi connectivity index (χ0v) is 9.91. The van der Waals surface area contributed by atoms with Gasteiger partial charge in [-0.05, 0) is 25.1 Å². The van der Waals surface area contributed by atoms with Crippen LogP contribution in [0.1, 0.15) is 27.0 Å². The zero-order valence-electron chi connectivity index (χ0n) is 9.10. The molecule has 0 saturated carbocycles. The summed E-state index contributed by atoms with van der Waals surface area (Å²) in [5.74, 6) is -0.387. The molecule has 0 aliphatic rings. The van der Waals surface area contributed by atoms with Gasteiger partial charge in [-0.15, -0.1) is 11.3 Å². The molecule has 17 heavy (non-hydrogen) atoms. The Kier molecular flexibility index (Phi) is 3.10. The first-order chi connectivity index (χ1) is 8.17. The number of benzene rings is 1. The molecule has 4 nitrogen and oxygen atoms in total. The van der Waals surface area contributed by atoms with E-state index in [4.69, 9.17) is 4.74 Å². The first-order valence-corrected chi connectivity index (χ1v) is 5.86. The van der Waals surface area contributed by atoms with Crippen LogP contribution in [0.5, 0.6) is 5.75 Å². The first kappa shape index (κ1) is 11.6. The second-order valence-electron chi connectivity index (χ2n) is 3.37. The third-order valence-electron chi connectivity index (χ3n) is 2.29. The molecule has 0 bridgehead atoms.